The van der Waals surface area contributed by atoms with Crippen molar-refractivity contribution in [2.24, 2.45) is 5.73 Å². The number of esters is 1. The highest BCUT2D eigenvalue weighted by Crippen LogP contribution is 2.36. The first-order valence-electron chi connectivity index (χ1n) is 5.13. The van der Waals surface area contributed by atoms with Gasteiger partial charge in [0.05, 0.1) is 7.11 Å². The van der Waals surface area contributed by atoms with Gasteiger partial charge in [-0.25, -0.2) is 0 Å². The van der Waals surface area contributed by atoms with E-state index in [0.29, 0.717) is 0 Å². The van der Waals surface area contributed by atoms with Crippen LogP contribution < -0.4 is 5.73 Å². The zero-order valence-electron chi connectivity index (χ0n) is 8.73. The molecule has 0 bridgehead atoms. The highest BCUT2D eigenvalue weighted by molar-refractivity contribution is 7.10. The third-order valence-corrected chi connectivity index (χ3v) is 4.00. The van der Waals surface area contributed by atoms with Crippen molar-refractivity contribution < 1.29 is 9.53 Å². The van der Waals surface area contributed by atoms with Crippen molar-refractivity contribution in [1.82, 2.24) is 0 Å². The Morgan fingerprint density at radius 2 is 2.53 bits per heavy atom. The minimum absolute atomic E-state index is 0.146. The summed E-state index contributed by atoms with van der Waals surface area (Å²) in [7, 11) is 1.39. The number of rotatable bonds is 2. The van der Waals surface area contributed by atoms with Crippen LogP contribution in [-0.4, -0.2) is 19.1 Å². The maximum atomic E-state index is 11.4. The zero-order valence-corrected chi connectivity index (χ0v) is 9.55. The Balaban J connectivity index is 2.22. The van der Waals surface area contributed by atoms with E-state index in [1.165, 1.54) is 17.6 Å². The fourth-order valence-electron chi connectivity index (χ4n) is 2.20. The van der Waals surface area contributed by atoms with Gasteiger partial charge in [0, 0.05) is 10.8 Å². The Morgan fingerprint density at radius 3 is 3.27 bits per heavy atom. The van der Waals surface area contributed by atoms with Gasteiger partial charge in [0.2, 0.25) is 0 Å². The number of methoxy groups -OCH3 is 1. The number of thiophene rings is 1. The van der Waals surface area contributed by atoms with Crippen LogP contribution in [0.25, 0.3) is 0 Å². The molecule has 1 heterocycles. The second-order valence-corrected chi connectivity index (χ2v) is 4.85. The lowest BCUT2D eigenvalue weighted by Gasteiger charge is -2.26. The third kappa shape index (κ3) is 1.92. The molecule has 2 unspecified atom stereocenters. The normalized spacial score (nSPS) is 21.9. The number of nitrogens with two attached hydrogens (primary N) is 1. The molecule has 2 N–H and O–H groups in total. The van der Waals surface area contributed by atoms with Crippen molar-refractivity contribution in [3.05, 3.63) is 21.9 Å². The molecule has 3 nitrogen and oxygen atoms in total. The van der Waals surface area contributed by atoms with Crippen molar-refractivity contribution in [3.8, 4) is 0 Å². The van der Waals surface area contributed by atoms with Crippen molar-refractivity contribution in [1.29, 1.82) is 0 Å². The predicted octanol–water partition coefficient (Wildman–Crippen LogP) is 1.67. The molecule has 1 aliphatic carbocycles. The Morgan fingerprint density at radius 1 is 1.73 bits per heavy atom. The lowest BCUT2D eigenvalue weighted by molar-refractivity contribution is -0.142. The second-order valence-electron chi connectivity index (χ2n) is 3.85. The van der Waals surface area contributed by atoms with Crippen LogP contribution >= 0.6 is 11.3 Å². The van der Waals surface area contributed by atoms with Crippen LogP contribution in [0.5, 0.6) is 0 Å². The second kappa shape index (κ2) is 4.33. The van der Waals surface area contributed by atoms with E-state index in [2.05, 4.69) is 11.4 Å². The average molecular weight is 225 g/mol. The topological polar surface area (TPSA) is 52.3 Å². The molecule has 82 valence electrons. The van der Waals surface area contributed by atoms with E-state index < -0.39 is 6.04 Å². The van der Waals surface area contributed by atoms with E-state index in [1.807, 2.05) is 0 Å². The maximum Gasteiger partial charge on any atom is 0.323 e. The minimum atomic E-state index is -0.511. The van der Waals surface area contributed by atoms with Gasteiger partial charge in [-0.1, -0.05) is 0 Å². The molecule has 1 aromatic rings. The maximum absolute atomic E-state index is 11.4. The van der Waals surface area contributed by atoms with Gasteiger partial charge in [-0.15, -0.1) is 11.3 Å². The summed E-state index contributed by atoms with van der Waals surface area (Å²) < 4.78 is 4.70. The van der Waals surface area contributed by atoms with Crippen molar-refractivity contribution >= 4 is 17.3 Å². The van der Waals surface area contributed by atoms with Gasteiger partial charge in [0.15, 0.2) is 0 Å². The van der Waals surface area contributed by atoms with Gasteiger partial charge in [-0.2, -0.15) is 0 Å². The molecule has 0 saturated heterocycles. The third-order valence-electron chi connectivity index (χ3n) is 3.01. The van der Waals surface area contributed by atoms with Crippen molar-refractivity contribution in [3.63, 3.8) is 0 Å². The Labute approximate surface area is 93.2 Å². The van der Waals surface area contributed by atoms with Crippen LogP contribution in [0, 0.1) is 0 Å². The van der Waals surface area contributed by atoms with Gasteiger partial charge in [0.1, 0.15) is 6.04 Å². The number of aryl methyl sites for hydroxylation is 1. The van der Waals surface area contributed by atoms with E-state index in [1.54, 1.807) is 11.3 Å². The zero-order chi connectivity index (χ0) is 10.8. The van der Waals surface area contributed by atoms with Crippen LogP contribution in [0.3, 0.4) is 0 Å². The fourth-order valence-corrected chi connectivity index (χ4v) is 3.19. The van der Waals surface area contributed by atoms with Crippen molar-refractivity contribution in [2.45, 2.75) is 31.2 Å². The summed E-state index contributed by atoms with van der Waals surface area (Å²) >= 11 is 1.76. The highest BCUT2D eigenvalue weighted by atomic mass is 32.1. The molecule has 1 aliphatic rings. The van der Waals surface area contributed by atoms with E-state index in [-0.39, 0.29) is 11.9 Å². The van der Waals surface area contributed by atoms with Gasteiger partial charge < -0.3 is 10.5 Å². The first kappa shape index (κ1) is 10.6. The molecule has 4 heteroatoms. The number of fused-ring (bicyclic) bond motifs is 1. The minimum Gasteiger partial charge on any atom is -0.468 e. The molecule has 1 aromatic heterocycles. The molecule has 0 radical (unpaired) electrons. The molecule has 0 aliphatic heterocycles. The van der Waals surface area contributed by atoms with Crippen molar-refractivity contribution in [2.75, 3.05) is 7.11 Å². The number of carbonyl (C=O) groups is 1. The number of ether oxygens (including phenoxy) is 1. The molecule has 0 aromatic carbocycles. The van der Waals surface area contributed by atoms with Gasteiger partial charge in [0.25, 0.3) is 0 Å². The number of hydrogen-bond acceptors (Lipinski definition) is 4. The number of carbonyl (C=O) groups excluding carboxylic acids is 1. The molecular weight excluding hydrogens is 210 g/mol. The predicted molar refractivity (Wildman–Crippen MR) is 60.0 cm³/mol. The quantitative estimate of drug-likeness (QED) is 0.779. The van der Waals surface area contributed by atoms with E-state index in [9.17, 15) is 4.79 Å². The van der Waals surface area contributed by atoms with Gasteiger partial charge >= 0.3 is 5.97 Å². The molecule has 0 amide bonds. The lowest BCUT2D eigenvalue weighted by Crippen LogP contribution is -2.38. The number of hydrogen-bond donors (Lipinski definition) is 1. The van der Waals surface area contributed by atoms with Crippen LogP contribution in [0.1, 0.15) is 29.2 Å². The standard InChI is InChI=1S/C11H15NO2S/c1-14-11(13)10(12)8-3-2-4-9-7(8)5-6-15-9/h5-6,8,10H,2-4,12H2,1H3. The summed E-state index contributed by atoms with van der Waals surface area (Å²) in [5.41, 5.74) is 7.16. The molecule has 0 saturated carbocycles. The summed E-state index contributed by atoms with van der Waals surface area (Å²) in [4.78, 5) is 12.8. The average Bonchev–Trinajstić information content (AvgIpc) is 2.74. The monoisotopic (exact) mass is 225 g/mol. The smallest absolute Gasteiger partial charge is 0.323 e. The SMILES string of the molecule is COC(=O)C(N)C1CCCc2sccc21. The van der Waals surface area contributed by atoms with Crippen LogP contribution in [0.15, 0.2) is 11.4 Å². The Hall–Kier alpha value is -0.870. The summed E-state index contributed by atoms with van der Waals surface area (Å²) in [5.74, 6) is -0.161. The van der Waals surface area contributed by atoms with Crippen LogP contribution in [-0.2, 0) is 16.0 Å². The van der Waals surface area contributed by atoms with E-state index in [0.717, 1.165) is 19.3 Å². The van der Waals surface area contributed by atoms with Gasteiger partial charge in [-0.3, -0.25) is 4.79 Å². The Bertz CT molecular complexity index is 361. The largest absolute Gasteiger partial charge is 0.468 e. The summed E-state index contributed by atoms with van der Waals surface area (Å²) in [6, 6.07) is 1.58. The fraction of sp³-hybridized carbons (Fsp3) is 0.545. The molecule has 2 rings (SSSR count). The Kier molecular flexibility index (Phi) is 3.07. The van der Waals surface area contributed by atoms with E-state index in [4.69, 9.17) is 10.5 Å². The van der Waals surface area contributed by atoms with Crippen LogP contribution in [0.2, 0.25) is 0 Å². The van der Waals surface area contributed by atoms with Crippen LogP contribution in [0.4, 0.5) is 0 Å². The summed E-state index contributed by atoms with van der Waals surface area (Å²) in [5, 5.41) is 2.08. The summed E-state index contributed by atoms with van der Waals surface area (Å²) in [6.07, 6.45) is 3.22. The highest BCUT2D eigenvalue weighted by Gasteiger charge is 2.31. The molecule has 2 atom stereocenters. The molecule has 0 spiro atoms. The first-order valence-corrected chi connectivity index (χ1v) is 6.01. The lowest BCUT2D eigenvalue weighted by atomic mass is 9.83. The first-order chi connectivity index (χ1) is 7.24. The van der Waals surface area contributed by atoms with E-state index >= 15 is 0 Å². The summed E-state index contributed by atoms with van der Waals surface area (Å²) in [6.45, 7) is 0. The molecule has 0 fully saturated rings. The van der Waals surface area contributed by atoms with Gasteiger partial charge in [-0.05, 0) is 36.3 Å². The molecular formula is C11H15NO2S. The molecule has 15 heavy (non-hydrogen) atoms.